The average molecular weight is 413 g/mol. The van der Waals surface area contributed by atoms with Crippen molar-refractivity contribution in [3.05, 3.63) is 35.1 Å². The van der Waals surface area contributed by atoms with Crippen LogP contribution in [0.3, 0.4) is 0 Å². The summed E-state index contributed by atoms with van der Waals surface area (Å²) in [6, 6.07) is 0. The highest BCUT2D eigenvalue weighted by Crippen LogP contribution is 2.63. The van der Waals surface area contributed by atoms with Crippen molar-refractivity contribution in [2.75, 3.05) is 0 Å². The van der Waals surface area contributed by atoms with Crippen LogP contribution in [0.1, 0.15) is 86.0 Å². The second-order valence-corrected chi connectivity index (χ2v) is 11.3. The van der Waals surface area contributed by atoms with Gasteiger partial charge in [0.05, 0.1) is 12.0 Å². The summed E-state index contributed by atoms with van der Waals surface area (Å²) in [5.74, 6) is 2.36. The van der Waals surface area contributed by atoms with Crippen molar-refractivity contribution in [3.63, 3.8) is 0 Å². The zero-order chi connectivity index (χ0) is 21.8. The standard InChI is InChI=1S/C27H40O3/c1-16(2)17(3)7-8-18(4)20-9-10-21-24-22(12-14-26(20,21)5)27(6)13-11-19(28)15-23(27)25(29)30-24/h10,16,18-20,23,28H,3,7-9,11-15H2,1-2,4-6H3. The van der Waals surface area contributed by atoms with Crippen LogP contribution < -0.4 is 0 Å². The maximum Gasteiger partial charge on any atom is 0.315 e. The second-order valence-electron chi connectivity index (χ2n) is 11.3. The van der Waals surface area contributed by atoms with Gasteiger partial charge in [-0.25, -0.2) is 0 Å². The molecule has 1 aliphatic heterocycles. The lowest BCUT2D eigenvalue weighted by Gasteiger charge is -2.51. The van der Waals surface area contributed by atoms with Crippen molar-refractivity contribution in [1.82, 2.24) is 0 Å². The van der Waals surface area contributed by atoms with E-state index < -0.39 is 0 Å². The molecule has 3 heteroatoms. The highest BCUT2D eigenvalue weighted by atomic mass is 16.5. The molecule has 3 nitrogen and oxygen atoms in total. The predicted molar refractivity (Wildman–Crippen MR) is 120 cm³/mol. The van der Waals surface area contributed by atoms with E-state index >= 15 is 0 Å². The molecule has 6 atom stereocenters. The van der Waals surface area contributed by atoms with Gasteiger partial charge >= 0.3 is 5.97 Å². The van der Waals surface area contributed by atoms with Crippen LogP contribution in [0, 0.1) is 34.5 Å². The van der Waals surface area contributed by atoms with Crippen LogP contribution >= 0.6 is 0 Å². The van der Waals surface area contributed by atoms with Gasteiger partial charge in [-0.2, -0.15) is 0 Å². The van der Waals surface area contributed by atoms with Gasteiger partial charge in [0.25, 0.3) is 0 Å². The fourth-order valence-electron chi connectivity index (χ4n) is 6.88. The summed E-state index contributed by atoms with van der Waals surface area (Å²) in [6.45, 7) is 15.8. The fraction of sp³-hybridized carbons (Fsp3) is 0.741. The molecule has 1 fully saturated rings. The van der Waals surface area contributed by atoms with Crippen molar-refractivity contribution in [1.29, 1.82) is 0 Å². The molecule has 0 saturated heterocycles. The lowest BCUT2D eigenvalue weighted by atomic mass is 9.55. The van der Waals surface area contributed by atoms with Gasteiger partial charge in [-0.05, 0) is 85.7 Å². The molecule has 3 aliphatic carbocycles. The van der Waals surface area contributed by atoms with E-state index in [1.807, 2.05) is 0 Å². The van der Waals surface area contributed by atoms with E-state index in [4.69, 9.17) is 4.74 Å². The smallest absolute Gasteiger partial charge is 0.315 e. The van der Waals surface area contributed by atoms with Gasteiger partial charge in [-0.1, -0.05) is 52.8 Å². The lowest BCUT2D eigenvalue weighted by molar-refractivity contribution is -0.156. The van der Waals surface area contributed by atoms with E-state index in [2.05, 4.69) is 47.3 Å². The summed E-state index contributed by atoms with van der Waals surface area (Å²) < 4.78 is 6.06. The first-order valence-electron chi connectivity index (χ1n) is 12.1. The SMILES string of the molecule is C=C(CCC(C)C1CC=C2C3=C(CCC21C)C1(C)CCC(O)CC1C(=O)O3)C(C)C. The molecule has 30 heavy (non-hydrogen) atoms. The van der Waals surface area contributed by atoms with Gasteiger partial charge in [0.2, 0.25) is 0 Å². The Kier molecular flexibility index (Phi) is 5.58. The highest BCUT2D eigenvalue weighted by molar-refractivity contribution is 5.79. The molecule has 1 saturated carbocycles. The van der Waals surface area contributed by atoms with Crippen LogP contribution in [-0.2, 0) is 9.53 Å². The minimum atomic E-state index is -0.372. The molecule has 0 radical (unpaired) electrons. The molecule has 166 valence electrons. The van der Waals surface area contributed by atoms with Crippen molar-refractivity contribution >= 4 is 5.97 Å². The third-order valence-corrected chi connectivity index (χ3v) is 9.30. The monoisotopic (exact) mass is 412 g/mol. The fourth-order valence-corrected chi connectivity index (χ4v) is 6.88. The Bertz CT molecular complexity index is 803. The van der Waals surface area contributed by atoms with Crippen LogP contribution in [0.25, 0.3) is 0 Å². The number of carbonyl (C=O) groups excluding carboxylic acids is 1. The Balaban J connectivity index is 1.58. The Hall–Kier alpha value is -1.35. The second kappa shape index (κ2) is 7.65. The molecule has 0 aromatic carbocycles. The third-order valence-electron chi connectivity index (χ3n) is 9.30. The molecule has 0 spiro atoms. The van der Waals surface area contributed by atoms with Crippen molar-refractivity contribution in [2.24, 2.45) is 34.5 Å². The number of rotatable bonds is 5. The van der Waals surface area contributed by atoms with Crippen molar-refractivity contribution in [3.8, 4) is 0 Å². The first-order chi connectivity index (χ1) is 14.1. The molecule has 0 aromatic rings. The quantitative estimate of drug-likeness (QED) is 0.423. The van der Waals surface area contributed by atoms with Gasteiger partial charge < -0.3 is 9.84 Å². The predicted octanol–water partition coefficient (Wildman–Crippen LogP) is 6.34. The van der Waals surface area contributed by atoms with E-state index in [9.17, 15) is 9.90 Å². The summed E-state index contributed by atoms with van der Waals surface area (Å²) >= 11 is 0. The maximum atomic E-state index is 13.0. The molecule has 4 aliphatic rings. The Labute approximate surface area is 182 Å². The van der Waals surface area contributed by atoms with Crippen LogP contribution in [0.5, 0.6) is 0 Å². The first kappa shape index (κ1) is 21.9. The van der Waals surface area contributed by atoms with Gasteiger partial charge in [0, 0.05) is 5.41 Å². The van der Waals surface area contributed by atoms with E-state index in [-0.39, 0.29) is 28.8 Å². The van der Waals surface area contributed by atoms with E-state index in [1.165, 1.54) is 23.1 Å². The van der Waals surface area contributed by atoms with Gasteiger partial charge in [-0.3, -0.25) is 4.79 Å². The Morgan fingerprint density at radius 3 is 2.70 bits per heavy atom. The van der Waals surface area contributed by atoms with Gasteiger partial charge in [0.15, 0.2) is 0 Å². The van der Waals surface area contributed by atoms with Crippen LogP contribution in [-0.4, -0.2) is 17.2 Å². The molecule has 6 unspecified atom stereocenters. The molecule has 0 aromatic heterocycles. The lowest BCUT2D eigenvalue weighted by Crippen LogP contribution is -2.48. The number of aliphatic hydroxyl groups excluding tert-OH is 1. The number of fused-ring (bicyclic) bond motifs is 4. The van der Waals surface area contributed by atoms with E-state index in [0.29, 0.717) is 24.2 Å². The topological polar surface area (TPSA) is 46.5 Å². The minimum Gasteiger partial charge on any atom is -0.426 e. The number of esters is 1. The van der Waals surface area contributed by atoms with Crippen LogP contribution in [0.15, 0.2) is 35.1 Å². The Morgan fingerprint density at radius 2 is 2.00 bits per heavy atom. The van der Waals surface area contributed by atoms with E-state index in [0.717, 1.165) is 44.3 Å². The summed E-state index contributed by atoms with van der Waals surface area (Å²) in [5, 5.41) is 10.1. The number of carbonyl (C=O) groups is 1. The first-order valence-corrected chi connectivity index (χ1v) is 12.1. The number of hydrogen-bond acceptors (Lipinski definition) is 3. The number of hydrogen-bond donors (Lipinski definition) is 1. The number of aliphatic hydroxyl groups is 1. The summed E-state index contributed by atoms with van der Waals surface area (Å²) in [6.07, 6.45) is 9.73. The van der Waals surface area contributed by atoms with Crippen LogP contribution in [0.4, 0.5) is 0 Å². The zero-order valence-corrected chi connectivity index (χ0v) is 19.6. The Morgan fingerprint density at radius 1 is 1.27 bits per heavy atom. The molecule has 4 rings (SSSR count). The zero-order valence-electron chi connectivity index (χ0n) is 19.6. The third kappa shape index (κ3) is 3.32. The summed E-state index contributed by atoms with van der Waals surface area (Å²) in [5.41, 5.74) is 3.94. The molecule has 1 N–H and O–H groups in total. The molecular weight excluding hydrogens is 372 g/mol. The van der Waals surface area contributed by atoms with Crippen LogP contribution in [0.2, 0.25) is 0 Å². The number of ether oxygens (including phenoxy) is 1. The summed E-state index contributed by atoms with van der Waals surface area (Å²) in [4.78, 5) is 13.0. The largest absolute Gasteiger partial charge is 0.426 e. The molecule has 0 amide bonds. The average Bonchev–Trinajstić information content (AvgIpc) is 3.04. The molecule has 1 heterocycles. The summed E-state index contributed by atoms with van der Waals surface area (Å²) in [7, 11) is 0. The van der Waals surface area contributed by atoms with Gasteiger partial charge in [-0.15, -0.1) is 0 Å². The van der Waals surface area contributed by atoms with Gasteiger partial charge in [0.1, 0.15) is 5.76 Å². The number of allylic oxidation sites excluding steroid dienone is 4. The normalized spacial score (nSPS) is 39.1. The minimum absolute atomic E-state index is 0.0923. The van der Waals surface area contributed by atoms with Crippen molar-refractivity contribution < 1.29 is 14.6 Å². The maximum absolute atomic E-state index is 13.0. The van der Waals surface area contributed by atoms with E-state index in [1.54, 1.807) is 0 Å². The molecular formula is C27H40O3. The molecule has 0 bridgehead atoms. The van der Waals surface area contributed by atoms with Crippen molar-refractivity contribution in [2.45, 2.75) is 92.1 Å². The highest BCUT2D eigenvalue weighted by Gasteiger charge is 2.56.